The quantitative estimate of drug-likeness (QED) is 0.439. The molecule has 0 unspecified atom stereocenters. The summed E-state index contributed by atoms with van der Waals surface area (Å²) in [6.07, 6.45) is 3.11. The van der Waals surface area contributed by atoms with Gasteiger partial charge in [0.25, 0.3) is 10.0 Å². The van der Waals surface area contributed by atoms with Crippen LogP contribution in [0.3, 0.4) is 0 Å². The molecule has 0 fully saturated rings. The van der Waals surface area contributed by atoms with Crippen molar-refractivity contribution in [3.05, 3.63) is 78.4 Å². The van der Waals surface area contributed by atoms with Crippen molar-refractivity contribution in [2.45, 2.75) is 38.0 Å². The molecule has 0 heterocycles. The fourth-order valence-electron chi connectivity index (χ4n) is 3.00. The molecule has 0 spiro atoms. The Balaban J connectivity index is 1.92. The first-order chi connectivity index (χ1) is 14.0. The van der Waals surface area contributed by atoms with Crippen molar-refractivity contribution in [2.75, 3.05) is 11.3 Å². The van der Waals surface area contributed by atoms with Gasteiger partial charge in [-0.05, 0) is 48.7 Å². The Kier molecular flexibility index (Phi) is 6.94. The zero-order valence-electron chi connectivity index (χ0n) is 16.9. The van der Waals surface area contributed by atoms with Gasteiger partial charge in [-0.25, -0.2) is 8.42 Å². The molecule has 0 aliphatic carbocycles. The fraction of sp³-hybridized carbons (Fsp3) is 0.250. The number of unbranched alkanes of at least 4 members (excludes halogenated alkanes) is 2. The summed E-state index contributed by atoms with van der Waals surface area (Å²) < 4.78 is 34.5. The average Bonchev–Trinajstić information content (AvgIpc) is 2.73. The number of hydrogen-bond donors (Lipinski definition) is 1. The van der Waals surface area contributed by atoms with E-state index in [0.29, 0.717) is 18.0 Å². The lowest BCUT2D eigenvalue weighted by Crippen LogP contribution is -2.14. The molecule has 4 nitrogen and oxygen atoms in total. The van der Waals surface area contributed by atoms with E-state index in [1.54, 1.807) is 24.3 Å². The summed E-state index contributed by atoms with van der Waals surface area (Å²) >= 11 is 0. The number of benzene rings is 3. The maximum atomic E-state index is 12.9. The predicted octanol–water partition coefficient (Wildman–Crippen LogP) is 6.03. The highest BCUT2D eigenvalue weighted by molar-refractivity contribution is 7.92. The molecule has 29 heavy (non-hydrogen) atoms. The van der Waals surface area contributed by atoms with Crippen LogP contribution in [-0.2, 0) is 10.0 Å². The van der Waals surface area contributed by atoms with Crippen LogP contribution in [0.4, 0.5) is 5.69 Å². The van der Waals surface area contributed by atoms with Crippen LogP contribution < -0.4 is 9.46 Å². The third-order valence-corrected chi connectivity index (χ3v) is 6.05. The normalized spacial score (nSPS) is 11.2. The highest BCUT2D eigenvalue weighted by atomic mass is 32.2. The maximum Gasteiger partial charge on any atom is 0.262 e. The highest BCUT2D eigenvalue weighted by Gasteiger charge is 2.17. The Morgan fingerprint density at radius 1 is 0.862 bits per heavy atom. The summed E-state index contributed by atoms with van der Waals surface area (Å²) in [7, 11) is -3.72. The lowest BCUT2D eigenvalue weighted by Gasteiger charge is -2.15. The third kappa shape index (κ3) is 5.61. The van der Waals surface area contributed by atoms with E-state index in [-0.39, 0.29) is 4.90 Å². The molecule has 0 aliphatic rings. The maximum absolute atomic E-state index is 12.9. The Bertz CT molecular complexity index is 1030. The number of hydrogen-bond acceptors (Lipinski definition) is 3. The van der Waals surface area contributed by atoms with Crippen LogP contribution in [0.5, 0.6) is 5.75 Å². The molecule has 3 aromatic carbocycles. The molecule has 0 amide bonds. The molecule has 0 bridgehead atoms. The molecule has 0 saturated heterocycles. The average molecular weight is 410 g/mol. The van der Waals surface area contributed by atoms with Gasteiger partial charge in [0.15, 0.2) is 0 Å². The van der Waals surface area contributed by atoms with Gasteiger partial charge in [0.2, 0.25) is 0 Å². The van der Waals surface area contributed by atoms with E-state index in [0.717, 1.165) is 36.0 Å². The molecule has 152 valence electrons. The largest absolute Gasteiger partial charge is 0.491 e. The second kappa shape index (κ2) is 9.61. The smallest absolute Gasteiger partial charge is 0.262 e. The molecule has 0 radical (unpaired) electrons. The van der Waals surface area contributed by atoms with Crippen molar-refractivity contribution in [2.24, 2.45) is 0 Å². The molecule has 3 aromatic rings. The molecule has 0 atom stereocenters. The van der Waals surface area contributed by atoms with Crippen LogP contribution >= 0.6 is 0 Å². The SMILES string of the molecule is CCCCCOc1ccc(-c2ccccc2)cc1NS(=O)(=O)c1ccc(C)cc1. The number of rotatable bonds is 9. The molecule has 0 aromatic heterocycles. The van der Waals surface area contributed by atoms with E-state index in [9.17, 15) is 8.42 Å². The lowest BCUT2D eigenvalue weighted by molar-refractivity contribution is 0.308. The Labute approximate surface area is 173 Å². The van der Waals surface area contributed by atoms with E-state index in [4.69, 9.17) is 4.74 Å². The fourth-order valence-corrected chi connectivity index (χ4v) is 4.06. The van der Waals surface area contributed by atoms with Crippen molar-refractivity contribution >= 4 is 15.7 Å². The molecule has 1 N–H and O–H groups in total. The summed E-state index contributed by atoms with van der Waals surface area (Å²) in [5, 5.41) is 0. The van der Waals surface area contributed by atoms with E-state index in [1.165, 1.54) is 0 Å². The van der Waals surface area contributed by atoms with Crippen LogP contribution in [0.15, 0.2) is 77.7 Å². The van der Waals surface area contributed by atoms with Gasteiger partial charge in [-0.3, -0.25) is 4.72 Å². The first-order valence-corrected chi connectivity index (χ1v) is 11.4. The minimum atomic E-state index is -3.72. The minimum absolute atomic E-state index is 0.227. The van der Waals surface area contributed by atoms with E-state index in [1.807, 2.05) is 55.5 Å². The van der Waals surface area contributed by atoms with E-state index < -0.39 is 10.0 Å². The van der Waals surface area contributed by atoms with Gasteiger partial charge in [-0.2, -0.15) is 0 Å². The second-order valence-corrected chi connectivity index (χ2v) is 8.73. The number of anilines is 1. The lowest BCUT2D eigenvalue weighted by atomic mass is 10.1. The minimum Gasteiger partial charge on any atom is -0.491 e. The van der Waals surface area contributed by atoms with Crippen molar-refractivity contribution < 1.29 is 13.2 Å². The van der Waals surface area contributed by atoms with E-state index >= 15 is 0 Å². The van der Waals surface area contributed by atoms with Crippen molar-refractivity contribution in [1.29, 1.82) is 0 Å². The predicted molar refractivity (Wildman–Crippen MR) is 119 cm³/mol. The first kappa shape index (κ1) is 20.9. The third-order valence-electron chi connectivity index (χ3n) is 4.67. The van der Waals surface area contributed by atoms with Gasteiger partial charge in [-0.15, -0.1) is 0 Å². The first-order valence-electron chi connectivity index (χ1n) is 9.91. The van der Waals surface area contributed by atoms with Crippen LogP contribution in [0.1, 0.15) is 31.7 Å². The topological polar surface area (TPSA) is 55.4 Å². The van der Waals surface area contributed by atoms with Gasteiger partial charge in [0, 0.05) is 0 Å². The van der Waals surface area contributed by atoms with Gasteiger partial charge in [0.1, 0.15) is 5.75 Å². The zero-order valence-corrected chi connectivity index (χ0v) is 17.7. The van der Waals surface area contributed by atoms with Crippen LogP contribution in [-0.4, -0.2) is 15.0 Å². The molecule has 5 heteroatoms. The Hall–Kier alpha value is -2.79. The zero-order chi connectivity index (χ0) is 20.7. The number of sulfonamides is 1. The molecular formula is C24H27NO3S. The number of nitrogens with one attached hydrogen (secondary N) is 1. The highest BCUT2D eigenvalue weighted by Crippen LogP contribution is 2.32. The summed E-state index contributed by atoms with van der Waals surface area (Å²) in [6.45, 7) is 4.61. The van der Waals surface area contributed by atoms with Crippen molar-refractivity contribution in [3.63, 3.8) is 0 Å². The number of aryl methyl sites for hydroxylation is 1. The van der Waals surface area contributed by atoms with Crippen molar-refractivity contribution in [1.82, 2.24) is 0 Å². The summed E-state index contributed by atoms with van der Waals surface area (Å²) in [4.78, 5) is 0.227. The van der Waals surface area contributed by atoms with Crippen LogP contribution in [0.2, 0.25) is 0 Å². The van der Waals surface area contributed by atoms with Gasteiger partial charge >= 0.3 is 0 Å². The van der Waals surface area contributed by atoms with Crippen molar-refractivity contribution in [3.8, 4) is 16.9 Å². The van der Waals surface area contributed by atoms with Crippen LogP contribution in [0, 0.1) is 6.92 Å². The molecule has 0 aliphatic heterocycles. The second-order valence-electron chi connectivity index (χ2n) is 7.05. The molecule has 0 saturated carbocycles. The summed E-state index contributed by atoms with van der Waals surface area (Å²) in [5.41, 5.74) is 3.40. The monoisotopic (exact) mass is 409 g/mol. The number of ether oxygens (including phenoxy) is 1. The summed E-state index contributed by atoms with van der Waals surface area (Å²) in [6, 6.07) is 22.3. The van der Waals surface area contributed by atoms with Gasteiger partial charge in [-0.1, -0.05) is 73.9 Å². The van der Waals surface area contributed by atoms with E-state index in [2.05, 4.69) is 11.6 Å². The van der Waals surface area contributed by atoms with Crippen LogP contribution in [0.25, 0.3) is 11.1 Å². The Morgan fingerprint density at radius 3 is 2.28 bits per heavy atom. The molecule has 3 rings (SSSR count). The Morgan fingerprint density at radius 2 is 1.59 bits per heavy atom. The molecular weight excluding hydrogens is 382 g/mol. The van der Waals surface area contributed by atoms with Gasteiger partial charge in [0.05, 0.1) is 17.2 Å². The standard InChI is InChI=1S/C24H27NO3S/c1-3-4-8-17-28-24-16-13-21(20-9-6-5-7-10-20)18-23(24)25-29(26,27)22-14-11-19(2)12-15-22/h5-7,9-16,18,25H,3-4,8,17H2,1-2H3. The van der Waals surface area contributed by atoms with Gasteiger partial charge < -0.3 is 4.74 Å². The summed E-state index contributed by atoms with van der Waals surface area (Å²) in [5.74, 6) is 0.538.